The number of amides is 1. The van der Waals surface area contributed by atoms with Crippen LogP contribution in [0.3, 0.4) is 0 Å². The Kier molecular flexibility index (Phi) is 5.97. The first kappa shape index (κ1) is 18.5. The monoisotopic (exact) mass is 375 g/mol. The van der Waals surface area contributed by atoms with Crippen LogP contribution in [0.1, 0.15) is 9.67 Å². The van der Waals surface area contributed by atoms with E-state index in [-0.39, 0.29) is 18.6 Å². The summed E-state index contributed by atoms with van der Waals surface area (Å²) in [4.78, 5) is 32.0. The number of thiazole rings is 1. The lowest BCUT2D eigenvalue weighted by atomic mass is 10.2. The molecule has 1 aromatic heterocycles. The number of morpholine rings is 1. The number of ether oxygens (including phenoxy) is 1. The van der Waals surface area contributed by atoms with Crippen LogP contribution in [0.15, 0.2) is 36.5 Å². The summed E-state index contributed by atoms with van der Waals surface area (Å²) in [5.74, 6) is -0.937. The van der Waals surface area contributed by atoms with Gasteiger partial charge in [0.05, 0.1) is 25.5 Å². The Labute approximate surface area is 155 Å². The van der Waals surface area contributed by atoms with E-state index in [1.807, 2.05) is 30.3 Å². The summed E-state index contributed by atoms with van der Waals surface area (Å²) in [6, 6.07) is 9.77. The predicted octanol–water partition coefficient (Wildman–Crippen LogP) is 1.67. The lowest BCUT2D eigenvalue weighted by molar-refractivity contribution is -0.138. The van der Waals surface area contributed by atoms with Crippen molar-refractivity contribution in [2.75, 3.05) is 39.8 Å². The van der Waals surface area contributed by atoms with Crippen LogP contribution in [0.2, 0.25) is 0 Å². The molecule has 1 N–H and O–H groups in total. The minimum absolute atomic E-state index is 0.0525. The van der Waals surface area contributed by atoms with E-state index in [1.165, 1.54) is 11.3 Å². The van der Waals surface area contributed by atoms with E-state index >= 15 is 0 Å². The highest BCUT2D eigenvalue weighted by atomic mass is 32.1. The van der Waals surface area contributed by atoms with Crippen LogP contribution in [0.25, 0.3) is 10.6 Å². The highest BCUT2D eigenvalue weighted by Crippen LogP contribution is 2.26. The van der Waals surface area contributed by atoms with Crippen LogP contribution < -0.4 is 0 Å². The number of carbonyl (C=O) groups is 2. The Morgan fingerprint density at radius 3 is 2.88 bits per heavy atom. The van der Waals surface area contributed by atoms with Crippen LogP contribution in [-0.4, -0.2) is 77.7 Å². The molecule has 26 heavy (non-hydrogen) atoms. The van der Waals surface area contributed by atoms with E-state index in [9.17, 15) is 9.59 Å². The summed E-state index contributed by atoms with van der Waals surface area (Å²) in [6.45, 7) is 1.83. The van der Waals surface area contributed by atoms with E-state index in [4.69, 9.17) is 9.84 Å². The van der Waals surface area contributed by atoms with Crippen LogP contribution in [0.5, 0.6) is 0 Å². The number of carboxylic acids is 1. The average molecular weight is 375 g/mol. The number of aliphatic carboxylic acids is 1. The molecule has 7 nitrogen and oxygen atoms in total. The summed E-state index contributed by atoms with van der Waals surface area (Å²) in [6.07, 6.45) is 1.43. The van der Waals surface area contributed by atoms with Gasteiger partial charge in [-0.2, -0.15) is 0 Å². The number of hydrogen-bond donors (Lipinski definition) is 1. The SMILES string of the molecule is CN(CC(=O)O)CC1CN(C(=O)c2cnc(-c3ccccc3)s2)CCO1. The van der Waals surface area contributed by atoms with Crippen molar-refractivity contribution in [3.8, 4) is 10.6 Å². The molecule has 1 aliphatic heterocycles. The van der Waals surface area contributed by atoms with Crippen molar-refractivity contribution >= 4 is 23.2 Å². The summed E-state index contributed by atoms with van der Waals surface area (Å²) in [7, 11) is 1.73. The molecule has 2 heterocycles. The predicted molar refractivity (Wildman–Crippen MR) is 98.3 cm³/mol. The number of nitrogens with zero attached hydrogens (tertiary/aromatic N) is 3. The van der Waals surface area contributed by atoms with Gasteiger partial charge in [0.2, 0.25) is 0 Å². The van der Waals surface area contributed by atoms with Crippen molar-refractivity contribution < 1.29 is 19.4 Å². The number of carboxylic acid groups (broad SMARTS) is 1. The summed E-state index contributed by atoms with van der Waals surface area (Å²) in [5.41, 5.74) is 0.992. The first-order valence-electron chi connectivity index (χ1n) is 8.35. The molecule has 0 saturated carbocycles. The topological polar surface area (TPSA) is 83.0 Å². The highest BCUT2D eigenvalue weighted by Gasteiger charge is 2.27. The smallest absolute Gasteiger partial charge is 0.317 e. The highest BCUT2D eigenvalue weighted by molar-refractivity contribution is 7.16. The minimum atomic E-state index is -0.880. The van der Waals surface area contributed by atoms with Gasteiger partial charge in [0.1, 0.15) is 9.88 Å². The van der Waals surface area contributed by atoms with Crippen molar-refractivity contribution in [2.24, 2.45) is 0 Å². The molecule has 8 heteroatoms. The first-order valence-corrected chi connectivity index (χ1v) is 9.17. The number of benzene rings is 1. The molecule has 138 valence electrons. The van der Waals surface area contributed by atoms with Gasteiger partial charge < -0.3 is 14.7 Å². The molecule has 1 atom stereocenters. The Hall–Kier alpha value is -2.29. The summed E-state index contributed by atoms with van der Waals surface area (Å²) in [5, 5.41) is 9.67. The van der Waals surface area contributed by atoms with E-state index in [2.05, 4.69) is 4.98 Å². The molecule has 3 rings (SSSR count). The van der Waals surface area contributed by atoms with Crippen LogP contribution in [0.4, 0.5) is 0 Å². The van der Waals surface area contributed by atoms with E-state index in [0.717, 1.165) is 10.6 Å². The van der Waals surface area contributed by atoms with Gasteiger partial charge in [-0.05, 0) is 7.05 Å². The van der Waals surface area contributed by atoms with E-state index in [1.54, 1.807) is 23.0 Å². The maximum Gasteiger partial charge on any atom is 0.317 e. The summed E-state index contributed by atoms with van der Waals surface area (Å²) < 4.78 is 5.68. The van der Waals surface area contributed by atoms with Gasteiger partial charge in [0, 0.05) is 25.2 Å². The fourth-order valence-electron chi connectivity index (χ4n) is 2.90. The van der Waals surface area contributed by atoms with Gasteiger partial charge in [-0.15, -0.1) is 11.3 Å². The fraction of sp³-hybridized carbons (Fsp3) is 0.389. The Morgan fingerprint density at radius 1 is 1.38 bits per heavy atom. The fourth-order valence-corrected chi connectivity index (χ4v) is 3.79. The summed E-state index contributed by atoms with van der Waals surface area (Å²) >= 11 is 1.38. The second-order valence-corrected chi connectivity index (χ2v) is 7.26. The van der Waals surface area contributed by atoms with Gasteiger partial charge in [0.15, 0.2) is 0 Å². The second-order valence-electron chi connectivity index (χ2n) is 6.23. The number of aromatic nitrogens is 1. The number of hydrogen-bond acceptors (Lipinski definition) is 6. The third kappa shape index (κ3) is 4.66. The van der Waals surface area contributed by atoms with Gasteiger partial charge in [-0.1, -0.05) is 30.3 Å². The average Bonchev–Trinajstić information content (AvgIpc) is 3.11. The zero-order valence-electron chi connectivity index (χ0n) is 14.5. The normalized spacial score (nSPS) is 17.5. The standard InChI is InChI=1S/C18H21N3O4S/c1-20(12-16(22)23)10-14-11-21(7-8-25-14)18(24)15-9-19-17(26-15)13-5-3-2-4-6-13/h2-6,9,14H,7-8,10-12H2,1H3,(H,22,23). The first-order chi connectivity index (χ1) is 12.5. The molecule has 1 unspecified atom stereocenters. The minimum Gasteiger partial charge on any atom is -0.480 e. The zero-order valence-corrected chi connectivity index (χ0v) is 15.3. The van der Waals surface area contributed by atoms with Gasteiger partial charge in [-0.3, -0.25) is 14.5 Å². The van der Waals surface area contributed by atoms with Gasteiger partial charge >= 0.3 is 5.97 Å². The molecule has 0 spiro atoms. The number of likely N-dealkylation sites (N-methyl/N-ethyl adjacent to an activating group) is 1. The molecule has 1 aromatic carbocycles. The van der Waals surface area contributed by atoms with Crippen LogP contribution in [0, 0.1) is 0 Å². The third-order valence-corrected chi connectivity index (χ3v) is 5.12. The Balaban J connectivity index is 1.62. The second kappa shape index (κ2) is 8.39. The molecule has 1 saturated heterocycles. The largest absolute Gasteiger partial charge is 0.480 e. The maximum atomic E-state index is 12.8. The maximum absolute atomic E-state index is 12.8. The number of rotatable bonds is 6. The molecule has 2 aromatic rings. The van der Waals surface area contributed by atoms with Crippen LogP contribution >= 0.6 is 11.3 Å². The number of carbonyl (C=O) groups excluding carboxylic acids is 1. The zero-order chi connectivity index (χ0) is 18.5. The van der Waals surface area contributed by atoms with Crippen molar-refractivity contribution in [3.63, 3.8) is 0 Å². The molecule has 1 aliphatic rings. The quantitative estimate of drug-likeness (QED) is 0.827. The Bertz CT molecular complexity index is 765. The van der Waals surface area contributed by atoms with Crippen molar-refractivity contribution in [3.05, 3.63) is 41.4 Å². The molecule has 0 radical (unpaired) electrons. The molecule has 0 aliphatic carbocycles. The molecule has 1 fully saturated rings. The van der Waals surface area contributed by atoms with Gasteiger partial charge in [0.25, 0.3) is 5.91 Å². The van der Waals surface area contributed by atoms with Crippen molar-refractivity contribution in [1.82, 2.24) is 14.8 Å². The van der Waals surface area contributed by atoms with E-state index in [0.29, 0.717) is 31.1 Å². The molecule has 1 amide bonds. The third-order valence-electron chi connectivity index (χ3n) is 4.08. The van der Waals surface area contributed by atoms with Crippen molar-refractivity contribution in [1.29, 1.82) is 0 Å². The van der Waals surface area contributed by atoms with Crippen LogP contribution in [-0.2, 0) is 9.53 Å². The molecular weight excluding hydrogens is 354 g/mol. The molecule has 0 bridgehead atoms. The molecular formula is C18H21N3O4S. The van der Waals surface area contributed by atoms with E-state index < -0.39 is 5.97 Å². The lowest BCUT2D eigenvalue weighted by Crippen LogP contribution is -2.49. The lowest BCUT2D eigenvalue weighted by Gasteiger charge is -2.34. The van der Waals surface area contributed by atoms with Crippen molar-refractivity contribution in [2.45, 2.75) is 6.10 Å². The van der Waals surface area contributed by atoms with Gasteiger partial charge in [-0.25, -0.2) is 4.98 Å². The Morgan fingerprint density at radius 2 is 2.15 bits per heavy atom.